The molecule has 2 heterocycles. The van der Waals surface area contributed by atoms with Crippen LogP contribution in [-0.4, -0.2) is 62.3 Å². The lowest BCUT2D eigenvalue weighted by Crippen LogP contribution is -2.40. The molecular formula is C19H26F3N3O4S. The summed E-state index contributed by atoms with van der Waals surface area (Å²) in [6.07, 6.45) is -2.38. The molecule has 168 valence electrons. The van der Waals surface area contributed by atoms with E-state index < -0.39 is 34.1 Å². The standard InChI is InChI=1S/C19H26F3N3O4S/c20-19(21,22)13-29-12-15-5-3-14(4-6-15)10-24-18(26)17-9-16(11-23-17)30(27,28)25-7-1-2-8-25/h3-6,16-17,23H,1-2,7-13H2,(H,24,26). The van der Waals surface area contributed by atoms with Gasteiger partial charge in [0.1, 0.15) is 6.61 Å². The van der Waals surface area contributed by atoms with E-state index in [1.165, 1.54) is 4.31 Å². The van der Waals surface area contributed by atoms with Crippen LogP contribution in [0.15, 0.2) is 24.3 Å². The van der Waals surface area contributed by atoms with Crippen LogP contribution in [0.2, 0.25) is 0 Å². The second-order valence-electron chi connectivity index (χ2n) is 7.61. The van der Waals surface area contributed by atoms with Gasteiger partial charge < -0.3 is 15.4 Å². The zero-order valence-corrected chi connectivity index (χ0v) is 17.3. The molecule has 2 N–H and O–H groups in total. The van der Waals surface area contributed by atoms with Crippen molar-refractivity contribution in [3.05, 3.63) is 35.4 Å². The predicted molar refractivity (Wildman–Crippen MR) is 104 cm³/mol. The number of alkyl halides is 3. The average Bonchev–Trinajstić information content (AvgIpc) is 3.38. The van der Waals surface area contributed by atoms with E-state index in [4.69, 9.17) is 0 Å². The number of sulfonamides is 1. The maximum Gasteiger partial charge on any atom is 0.411 e. The first-order valence-corrected chi connectivity index (χ1v) is 11.4. The quantitative estimate of drug-likeness (QED) is 0.629. The highest BCUT2D eigenvalue weighted by Crippen LogP contribution is 2.23. The number of hydrogen-bond donors (Lipinski definition) is 2. The van der Waals surface area contributed by atoms with E-state index >= 15 is 0 Å². The minimum atomic E-state index is -4.36. The van der Waals surface area contributed by atoms with Gasteiger partial charge in [0, 0.05) is 26.2 Å². The fourth-order valence-corrected chi connectivity index (χ4v) is 5.56. The highest BCUT2D eigenvalue weighted by Gasteiger charge is 2.40. The summed E-state index contributed by atoms with van der Waals surface area (Å²) in [6, 6.07) is 6.13. The molecule has 30 heavy (non-hydrogen) atoms. The van der Waals surface area contributed by atoms with Crippen molar-refractivity contribution in [1.29, 1.82) is 0 Å². The van der Waals surface area contributed by atoms with Crippen LogP contribution >= 0.6 is 0 Å². The molecular weight excluding hydrogens is 423 g/mol. The fourth-order valence-electron chi connectivity index (χ4n) is 3.63. The molecule has 7 nitrogen and oxygen atoms in total. The van der Waals surface area contributed by atoms with Gasteiger partial charge in [-0.25, -0.2) is 12.7 Å². The van der Waals surface area contributed by atoms with Gasteiger partial charge >= 0.3 is 6.18 Å². The number of nitrogens with one attached hydrogen (secondary N) is 2. The summed E-state index contributed by atoms with van der Waals surface area (Å²) in [5.74, 6) is -0.272. The molecule has 0 bridgehead atoms. The van der Waals surface area contributed by atoms with Crippen LogP contribution < -0.4 is 10.6 Å². The van der Waals surface area contributed by atoms with Gasteiger partial charge in [0.25, 0.3) is 0 Å². The normalized spacial score (nSPS) is 23.0. The fraction of sp³-hybridized carbons (Fsp3) is 0.632. The van der Waals surface area contributed by atoms with Crippen LogP contribution in [0.3, 0.4) is 0 Å². The number of hydrogen-bond acceptors (Lipinski definition) is 5. The molecule has 2 saturated heterocycles. The molecule has 0 saturated carbocycles. The topological polar surface area (TPSA) is 87.7 Å². The molecule has 11 heteroatoms. The summed E-state index contributed by atoms with van der Waals surface area (Å²) in [4.78, 5) is 12.4. The zero-order chi connectivity index (χ0) is 21.8. The van der Waals surface area contributed by atoms with Gasteiger partial charge in [-0.1, -0.05) is 24.3 Å². The lowest BCUT2D eigenvalue weighted by Gasteiger charge is -2.20. The maximum atomic E-state index is 12.6. The molecule has 2 unspecified atom stereocenters. The molecule has 2 aliphatic rings. The van der Waals surface area contributed by atoms with Crippen molar-refractivity contribution in [2.75, 3.05) is 26.2 Å². The molecule has 2 atom stereocenters. The Hall–Kier alpha value is -1.69. The van der Waals surface area contributed by atoms with E-state index in [2.05, 4.69) is 15.4 Å². The van der Waals surface area contributed by atoms with E-state index in [0.29, 0.717) is 18.7 Å². The van der Waals surface area contributed by atoms with Crippen molar-refractivity contribution in [3.8, 4) is 0 Å². The molecule has 1 amide bonds. The second kappa shape index (κ2) is 9.63. The average molecular weight is 449 g/mol. The van der Waals surface area contributed by atoms with Crippen LogP contribution in [-0.2, 0) is 32.7 Å². The Kier molecular flexibility index (Phi) is 7.38. The Bertz CT molecular complexity index is 824. The van der Waals surface area contributed by atoms with E-state index in [9.17, 15) is 26.4 Å². The first-order chi connectivity index (χ1) is 14.1. The third kappa shape index (κ3) is 6.16. The molecule has 0 spiro atoms. The molecule has 0 radical (unpaired) electrons. The molecule has 1 aromatic carbocycles. The number of halogens is 3. The Balaban J connectivity index is 1.43. The highest BCUT2D eigenvalue weighted by atomic mass is 32.2. The Morgan fingerprint density at radius 3 is 2.43 bits per heavy atom. The highest BCUT2D eigenvalue weighted by molar-refractivity contribution is 7.89. The number of carbonyl (C=O) groups is 1. The number of rotatable bonds is 8. The summed E-state index contributed by atoms with van der Waals surface area (Å²) in [6.45, 7) is 0.145. The second-order valence-corrected chi connectivity index (χ2v) is 9.82. The molecule has 0 aliphatic carbocycles. The van der Waals surface area contributed by atoms with Crippen LogP contribution in [0, 0.1) is 0 Å². The van der Waals surface area contributed by atoms with Crippen LogP contribution in [0.4, 0.5) is 13.2 Å². The summed E-state index contributed by atoms with van der Waals surface area (Å²) >= 11 is 0. The molecule has 1 aromatic rings. The minimum Gasteiger partial charge on any atom is -0.367 e. The smallest absolute Gasteiger partial charge is 0.367 e. The van der Waals surface area contributed by atoms with Crippen molar-refractivity contribution in [2.24, 2.45) is 0 Å². The van der Waals surface area contributed by atoms with E-state index in [1.807, 2.05) is 0 Å². The van der Waals surface area contributed by atoms with E-state index in [-0.39, 0.29) is 32.0 Å². The van der Waals surface area contributed by atoms with Crippen molar-refractivity contribution in [2.45, 2.75) is 49.9 Å². The van der Waals surface area contributed by atoms with Crippen LogP contribution in [0.5, 0.6) is 0 Å². The van der Waals surface area contributed by atoms with Gasteiger partial charge in [0.05, 0.1) is 17.9 Å². The minimum absolute atomic E-state index is 0.148. The van der Waals surface area contributed by atoms with Crippen LogP contribution in [0.25, 0.3) is 0 Å². The van der Waals surface area contributed by atoms with Crippen molar-refractivity contribution in [3.63, 3.8) is 0 Å². The largest absolute Gasteiger partial charge is 0.411 e. The Labute approximate surface area is 174 Å². The van der Waals surface area contributed by atoms with Gasteiger partial charge in [0.15, 0.2) is 0 Å². The van der Waals surface area contributed by atoms with Gasteiger partial charge in [-0.05, 0) is 30.4 Å². The third-order valence-electron chi connectivity index (χ3n) is 5.28. The molecule has 3 rings (SSSR count). The first kappa shape index (κ1) is 23.0. The summed E-state index contributed by atoms with van der Waals surface area (Å²) in [5.41, 5.74) is 1.38. The lowest BCUT2D eigenvalue weighted by atomic mass is 10.1. The molecule has 2 fully saturated rings. The number of carbonyl (C=O) groups excluding carboxylic acids is 1. The Morgan fingerprint density at radius 2 is 1.80 bits per heavy atom. The first-order valence-electron chi connectivity index (χ1n) is 9.87. The molecule has 0 aromatic heterocycles. The predicted octanol–water partition coefficient (Wildman–Crippen LogP) is 1.54. The summed E-state index contributed by atoms with van der Waals surface area (Å²) < 4.78 is 67.6. The van der Waals surface area contributed by atoms with E-state index in [0.717, 1.165) is 18.4 Å². The number of ether oxygens (including phenoxy) is 1. The number of benzene rings is 1. The third-order valence-corrected chi connectivity index (χ3v) is 7.56. The maximum absolute atomic E-state index is 12.6. The monoisotopic (exact) mass is 449 g/mol. The lowest BCUT2D eigenvalue weighted by molar-refractivity contribution is -0.176. The SMILES string of the molecule is O=C(NCc1ccc(COCC(F)(F)F)cc1)C1CC(S(=O)(=O)N2CCCC2)CN1. The zero-order valence-electron chi connectivity index (χ0n) is 16.5. The van der Waals surface area contributed by atoms with Crippen LogP contribution in [0.1, 0.15) is 30.4 Å². The van der Waals surface area contributed by atoms with Gasteiger partial charge in [-0.15, -0.1) is 0 Å². The number of nitrogens with zero attached hydrogens (tertiary/aromatic N) is 1. The van der Waals surface area contributed by atoms with E-state index in [1.54, 1.807) is 24.3 Å². The van der Waals surface area contributed by atoms with Gasteiger partial charge in [0.2, 0.25) is 15.9 Å². The molecule has 2 aliphatic heterocycles. The Morgan fingerprint density at radius 1 is 1.17 bits per heavy atom. The summed E-state index contributed by atoms with van der Waals surface area (Å²) in [7, 11) is -3.39. The van der Waals surface area contributed by atoms with Crippen molar-refractivity contribution < 1.29 is 31.1 Å². The summed E-state index contributed by atoms with van der Waals surface area (Å²) in [5, 5.41) is 5.17. The number of amides is 1. The van der Waals surface area contributed by atoms with Crippen molar-refractivity contribution in [1.82, 2.24) is 14.9 Å². The van der Waals surface area contributed by atoms with Gasteiger partial charge in [-0.3, -0.25) is 4.79 Å². The van der Waals surface area contributed by atoms with Crippen molar-refractivity contribution >= 4 is 15.9 Å². The van der Waals surface area contributed by atoms with Gasteiger partial charge in [-0.2, -0.15) is 13.2 Å².